The van der Waals surface area contributed by atoms with Crippen LogP contribution in [0.3, 0.4) is 0 Å². The second-order valence-corrected chi connectivity index (χ2v) is 6.26. The van der Waals surface area contributed by atoms with Crippen molar-refractivity contribution < 1.29 is 4.79 Å². The average Bonchev–Trinajstić information content (AvgIpc) is 2.47. The van der Waals surface area contributed by atoms with Gasteiger partial charge in [0.15, 0.2) is 5.78 Å². The SMILES string of the molecule is Cc1ccc(C(C)(C)C(=O)c2ccc(N(C)C)cc2)cc1. The van der Waals surface area contributed by atoms with Crippen LogP contribution < -0.4 is 4.90 Å². The lowest BCUT2D eigenvalue weighted by Crippen LogP contribution is -2.29. The Morgan fingerprint density at radius 1 is 0.905 bits per heavy atom. The van der Waals surface area contributed by atoms with Crippen LogP contribution in [0.5, 0.6) is 0 Å². The van der Waals surface area contributed by atoms with Crippen LogP contribution in [-0.4, -0.2) is 19.9 Å². The smallest absolute Gasteiger partial charge is 0.172 e. The molecule has 0 aliphatic heterocycles. The summed E-state index contributed by atoms with van der Waals surface area (Å²) in [6.07, 6.45) is 0. The molecule has 2 aromatic rings. The molecule has 0 bridgehead atoms. The number of aryl methyl sites for hydroxylation is 1. The van der Waals surface area contributed by atoms with Crippen molar-refractivity contribution in [2.75, 3.05) is 19.0 Å². The topological polar surface area (TPSA) is 20.3 Å². The fourth-order valence-corrected chi connectivity index (χ4v) is 2.37. The van der Waals surface area contributed by atoms with Gasteiger partial charge in [-0.2, -0.15) is 0 Å². The largest absolute Gasteiger partial charge is 0.378 e. The van der Waals surface area contributed by atoms with E-state index in [2.05, 4.69) is 19.1 Å². The van der Waals surface area contributed by atoms with Gasteiger partial charge in [-0.25, -0.2) is 0 Å². The van der Waals surface area contributed by atoms with E-state index < -0.39 is 5.41 Å². The van der Waals surface area contributed by atoms with Crippen LogP contribution in [0, 0.1) is 6.92 Å². The number of ketones is 1. The first-order chi connectivity index (χ1) is 9.82. The number of hydrogen-bond donors (Lipinski definition) is 0. The Morgan fingerprint density at radius 2 is 1.43 bits per heavy atom. The minimum absolute atomic E-state index is 0.150. The lowest BCUT2D eigenvalue weighted by molar-refractivity contribution is 0.0909. The van der Waals surface area contributed by atoms with Crippen LogP contribution in [0.1, 0.15) is 35.3 Å². The highest BCUT2D eigenvalue weighted by atomic mass is 16.1. The fraction of sp³-hybridized carbons (Fsp3) is 0.316. The molecule has 0 amide bonds. The summed E-state index contributed by atoms with van der Waals surface area (Å²) in [4.78, 5) is 14.8. The Morgan fingerprint density at radius 3 is 1.90 bits per heavy atom. The number of anilines is 1. The first-order valence-electron chi connectivity index (χ1n) is 7.21. The van der Waals surface area contributed by atoms with E-state index in [9.17, 15) is 4.79 Å². The lowest BCUT2D eigenvalue weighted by atomic mass is 9.78. The van der Waals surface area contributed by atoms with E-state index in [1.807, 2.05) is 69.2 Å². The normalized spacial score (nSPS) is 11.3. The molecule has 0 saturated heterocycles. The van der Waals surface area contributed by atoms with Gasteiger partial charge in [0.2, 0.25) is 0 Å². The summed E-state index contributed by atoms with van der Waals surface area (Å²) in [6.45, 7) is 6.03. The maximum Gasteiger partial charge on any atom is 0.172 e. The van der Waals surface area contributed by atoms with Gasteiger partial charge in [-0.05, 0) is 50.6 Å². The molecule has 0 N–H and O–H groups in total. The van der Waals surface area contributed by atoms with Crippen molar-refractivity contribution >= 4 is 11.5 Å². The van der Waals surface area contributed by atoms with E-state index in [0.717, 1.165) is 16.8 Å². The van der Waals surface area contributed by atoms with Crippen molar-refractivity contribution in [1.82, 2.24) is 0 Å². The van der Waals surface area contributed by atoms with Gasteiger partial charge in [0.25, 0.3) is 0 Å². The molecule has 0 unspecified atom stereocenters. The summed E-state index contributed by atoms with van der Waals surface area (Å²) >= 11 is 0. The Bertz CT molecular complexity index is 622. The predicted molar refractivity (Wildman–Crippen MR) is 89.3 cm³/mol. The molecule has 2 nitrogen and oxygen atoms in total. The van der Waals surface area contributed by atoms with Crippen molar-refractivity contribution in [2.24, 2.45) is 0 Å². The van der Waals surface area contributed by atoms with E-state index in [0.29, 0.717) is 0 Å². The molecular weight excluding hydrogens is 258 g/mol. The number of carbonyl (C=O) groups is 1. The molecule has 21 heavy (non-hydrogen) atoms. The van der Waals surface area contributed by atoms with Crippen LogP contribution >= 0.6 is 0 Å². The zero-order valence-corrected chi connectivity index (χ0v) is 13.5. The zero-order chi connectivity index (χ0) is 15.6. The second kappa shape index (κ2) is 5.72. The Kier molecular flexibility index (Phi) is 4.17. The van der Waals surface area contributed by atoms with Gasteiger partial charge >= 0.3 is 0 Å². The van der Waals surface area contributed by atoms with Gasteiger partial charge in [-0.15, -0.1) is 0 Å². The number of nitrogens with zero attached hydrogens (tertiary/aromatic N) is 1. The summed E-state index contributed by atoms with van der Waals surface area (Å²) in [7, 11) is 3.99. The number of Topliss-reactive ketones (excluding diaryl/α,β-unsaturated/α-hetero) is 1. The minimum Gasteiger partial charge on any atom is -0.378 e. The summed E-state index contributed by atoms with van der Waals surface area (Å²) in [5.74, 6) is 0.150. The maximum absolute atomic E-state index is 12.8. The van der Waals surface area contributed by atoms with E-state index >= 15 is 0 Å². The molecule has 2 rings (SSSR count). The molecule has 0 saturated carbocycles. The molecule has 0 fully saturated rings. The highest BCUT2D eigenvalue weighted by molar-refractivity contribution is 6.03. The van der Waals surface area contributed by atoms with Crippen molar-refractivity contribution in [1.29, 1.82) is 0 Å². The van der Waals surface area contributed by atoms with Gasteiger partial charge < -0.3 is 4.90 Å². The fourth-order valence-electron chi connectivity index (χ4n) is 2.37. The Hall–Kier alpha value is -2.09. The van der Waals surface area contributed by atoms with E-state index in [4.69, 9.17) is 0 Å². The monoisotopic (exact) mass is 281 g/mol. The number of rotatable bonds is 4. The van der Waals surface area contributed by atoms with Crippen LogP contribution in [0.2, 0.25) is 0 Å². The number of benzene rings is 2. The molecule has 0 radical (unpaired) electrons. The summed E-state index contributed by atoms with van der Waals surface area (Å²) in [5, 5.41) is 0. The standard InChI is InChI=1S/C19H23NO/c1-14-6-10-16(11-7-14)19(2,3)18(21)15-8-12-17(13-9-15)20(4)5/h6-13H,1-5H3. The molecule has 110 valence electrons. The second-order valence-electron chi connectivity index (χ2n) is 6.26. The van der Waals surface area contributed by atoms with Gasteiger partial charge in [0.1, 0.15) is 0 Å². The summed E-state index contributed by atoms with van der Waals surface area (Å²) < 4.78 is 0. The van der Waals surface area contributed by atoms with Crippen LogP contribution in [-0.2, 0) is 5.41 Å². The molecule has 0 aromatic heterocycles. The third-order valence-electron chi connectivity index (χ3n) is 3.99. The number of carbonyl (C=O) groups excluding carboxylic acids is 1. The quantitative estimate of drug-likeness (QED) is 0.782. The van der Waals surface area contributed by atoms with Gasteiger partial charge in [-0.3, -0.25) is 4.79 Å². The zero-order valence-electron chi connectivity index (χ0n) is 13.5. The Labute approximate surface area is 127 Å². The molecule has 0 aliphatic carbocycles. The Balaban J connectivity index is 2.31. The van der Waals surface area contributed by atoms with Crippen molar-refractivity contribution in [3.63, 3.8) is 0 Å². The van der Waals surface area contributed by atoms with Crippen LogP contribution in [0.25, 0.3) is 0 Å². The van der Waals surface area contributed by atoms with E-state index in [1.54, 1.807) is 0 Å². The predicted octanol–water partition coefficient (Wildman–Crippen LogP) is 4.22. The van der Waals surface area contributed by atoms with Crippen molar-refractivity contribution in [3.05, 3.63) is 65.2 Å². The van der Waals surface area contributed by atoms with Gasteiger partial charge in [-0.1, -0.05) is 29.8 Å². The van der Waals surface area contributed by atoms with Crippen LogP contribution in [0.4, 0.5) is 5.69 Å². The van der Waals surface area contributed by atoms with Crippen molar-refractivity contribution in [3.8, 4) is 0 Å². The molecule has 0 atom stereocenters. The average molecular weight is 281 g/mol. The first kappa shape index (κ1) is 15.3. The first-order valence-corrected chi connectivity index (χ1v) is 7.21. The third-order valence-corrected chi connectivity index (χ3v) is 3.99. The lowest BCUT2D eigenvalue weighted by Gasteiger charge is -2.24. The van der Waals surface area contributed by atoms with Crippen LogP contribution in [0.15, 0.2) is 48.5 Å². The van der Waals surface area contributed by atoms with E-state index in [-0.39, 0.29) is 5.78 Å². The minimum atomic E-state index is -0.521. The van der Waals surface area contributed by atoms with E-state index in [1.165, 1.54) is 5.56 Å². The molecule has 0 aliphatic rings. The molecule has 2 heteroatoms. The highest BCUT2D eigenvalue weighted by Crippen LogP contribution is 2.28. The van der Waals surface area contributed by atoms with Gasteiger partial charge in [0.05, 0.1) is 5.41 Å². The molecule has 2 aromatic carbocycles. The summed E-state index contributed by atoms with van der Waals surface area (Å²) in [5.41, 5.74) is 3.59. The molecule has 0 spiro atoms. The van der Waals surface area contributed by atoms with Gasteiger partial charge in [0, 0.05) is 25.3 Å². The number of hydrogen-bond acceptors (Lipinski definition) is 2. The summed E-state index contributed by atoms with van der Waals surface area (Å²) in [6, 6.07) is 16.0. The maximum atomic E-state index is 12.8. The molecule has 0 heterocycles. The highest BCUT2D eigenvalue weighted by Gasteiger charge is 2.30. The molecular formula is C19H23NO. The van der Waals surface area contributed by atoms with Crippen molar-refractivity contribution in [2.45, 2.75) is 26.2 Å². The third kappa shape index (κ3) is 3.15.